The van der Waals surface area contributed by atoms with Crippen molar-refractivity contribution in [1.82, 2.24) is 14.8 Å². The van der Waals surface area contributed by atoms with Crippen LogP contribution in [-0.4, -0.2) is 55.7 Å². The Labute approximate surface area is 198 Å². The standard InChI is InChI=1S/C23H29N3O7S/c1-4-13-32-23(28)24-20(22(27)31-5-2)15-17-14-19(25-33-17)21-7-6-12-26(21)34(29,30)18-10-8-16(3)9-11-18/h4,8-11,14,20-21H,1,5-7,12-13,15H2,2-3H3,(H,24,28). The minimum Gasteiger partial charge on any atom is -0.464 e. The maximum absolute atomic E-state index is 13.2. The molecule has 11 heteroatoms. The van der Waals surface area contributed by atoms with Crippen LogP contribution in [-0.2, 0) is 30.7 Å². The number of carbonyl (C=O) groups is 2. The van der Waals surface area contributed by atoms with Crippen molar-refractivity contribution in [2.45, 2.75) is 50.1 Å². The van der Waals surface area contributed by atoms with E-state index in [4.69, 9.17) is 14.0 Å². The lowest BCUT2D eigenvalue weighted by Crippen LogP contribution is -2.43. The van der Waals surface area contributed by atoms with E-state index in [0.717, 1.165) is 5.56 Å². The van der Waals surface area contributed by atoms with Gasteiger partial charge in [-0.05, 0) is 38.8 Å². The number of amides is 1. The largest absolute Gasteiger partial charge is 0.464 e. The molecule has 184 valence electrons. The van der Waals surface area contributed by atoms with Crippen molar-refractivity contribution in [3.05, 3.63) is 60.0 Å². The van der Waals surface area contributed by atoms with Gasteiger partial charge in [-0.2, -0.15) is 4.31 Å². The number of nitrogens with zero attached hydrogens (tertiary/aromatic N) is 2. The number of alkyl carbamates (subject to hydrolysis) is 1. The molecule has 1 N–H and O–H groups in total. The molecule has 3 rings (SSSR count). The molecule has 1 aromatic heterocycles. The number of hydrogen-bond donors (Lipinski definition) is 1. The fraction of sp³-hybridized carbons (Fsp3) is 0.435. The molecule has 1 amide bonds. The lowest BCUT2D eigenvalue weighted by Gasteiger charge is -2.22. The fourth-order valence-corrected chi connectivity index (χ4v) is 5.38. The van der Waals surface area contributed by atoms with E-state index >= 15 is 0 Å². The molecule has 1 aliphatic heterocycles. The molecule has 2 heterocycles. The van der Waals surface area contributed by atoms with Crippen LogP contribution in [0.4, 0.5) is 4.79 Å². The highest BCUT2D eigenvalue weighted by Gasteiger charge is 2.38. The van der Waals surface area contributed by atoms with Crippen LogP contribution in [0.25, 0.3) is 0 Å². The van der Waals surface area contributed by atoms with Crippen molar-refractivity contribution in [2.75, 3.05) is 19.8 Å². The van der Waals surface area contributed by atoms with Crippen molar-refractivity contribution < 1.29 is 32.0 Å². The third kappa shape index (κ3) is 6.03. The second-order valence-corrected chi connectivity index (χ2v) is 9.74. The third-order valence-corrected chi connectivity index (χ3v) is 7.27. The summed E-state index contributed by atoms with van der Waals surface area (Å²) >= 11 is 0. The van der Waals surface area contributed by atoms with Crippen LogP contribution in [0.15, 0.2) is 52.4 Å². The zero-order valence-electron chi connectivity index (χ0n) is 19.2. The zero-order valence-corrected chi connectivity index (χ0v) is 20.0. The first-order chi connectivity index (χ1) is 16.3. The van der Waals surface area contributed by atoms with Gasteiger partial charge in [0.05, 0.1) is 17.5 Å². The van der Waals surface area contributed by atoms with Crippen molar-refractivity contribution >= 4 is 22.1 Å². The van der Waals surface area contributed by atoms with Gasteiger partial charge in [0.2, 0.25) is 10.0 Å². The second kappa shape index (κ2) is 11.3. The average Bonchev–Trinajstić information content (AvgIpc) is 3.47. The number of nitrogens with one attached hydrogen (secondary N) is 1. The molecular formula is C23H29N3O7S. The maximum atomic E-state index is 13.2. The van der Waals surface area contributed by atoms with E-state index in [2.05, 4.69) is 17.1 Å². The van der Waals surface area contributed by atoms with Gasteiger partial charge in [-0.3, -0.25) is 0 Å². The Balaban J connectivity index is 1.76. The number of sulfonamides is 1. The maximum Gasteiger partial charge on any atom is 0.408 e. The summed E-state index contributed by atoms with van der Waals surface area (Å²) in [6.07, 6.45) is 1.83. The van der Waals surface area contributed by atoms with E-state index in [1.165, 1.54) is 10.4 Å². The number of ether oxygens (including phenoxy) is 2. The summed E-state index contributed by atoms with van der Waals surface area (Å²) in [6.45, 7) is 7.50. The molecule has 2 atom stereocenters. The number of rotatable bonds is 10. The molecule has 0 saturated carbocycles. The monoisotopic (exact) mass is 491 g/mol. The number of aromatic nitrogens is 1. The Bertz CT molecular complexity index is 1110. The Kier molecular flexibility index (Phi) is 8.46. The van der Waals surface area contributed by atoms with Gasteiger partial charge in [-0.1, -0.05) is 35.5 Å². The summed E-state index contributed by atoms with van der Waals surface area (Å²) in [6, 6.07) is 6.76. The van der Waals surface area contributed by atoms with Crippen LogP contribution in [0.5, 0.6) is 0 Å². The summed E-state index contributed by atoms with van der Waals surface area (Å²) in [5.74, 6) is -0.350. The van der Waals surface area contributed by atoms with Gasteiger partial charge in [-0.25, -0.2) is 18.0 Å². The molecule has 10 nitrogen and oxygen atoms in total. The highest BCUT2D eigenvalue weighted by atomic mass is 32.2. The van der Waals surface area contributed by atoms with Crippen LogP contribution >= 0.6 is 0 Å². The fourth-order valence-electron chi connectivity index (χ4n) is 3.71. The molecule has 1 fully saturated rings. The summed E-state index contributed by atoms with van der Waals surface area (Å²) in [7, 11) is -3.72. The average molecular weight is 492 g/mol. The Morgan fingerprint density at radius 3 is 2.74 bits per heavy atom. The Morgan fingerprint density at radius 1 is 1.32 bits per heavy atom. The molecule has 0 spiro atoms. The molecule has 1 aromatic carbocycles. The SMILES string of the molecule is C=CCOC(=O)NC(Cc1cc(C2CCCN2S(=O)(=O)c2ccc(C)cc2)no1)C(=O)OCC. The number of hydrogen-bond acceptors (Lipinski definition) is 8. The molecule has 1 saturated heterocycles. The lowest BCUT2D eigenvalue weighted by atomic mass is 10.1. The van der Waals surface area contributed by atoms with Crippen molar-refractivity contribution in [3.63, 3.8) is 0 Å². The number of esters is 1. The van der Waals surface area contributed by atoms with Crippen LogP contribution < -0.4 is 5.32 Å². The molecule has 2 aromatic rings. The Hall–Kier alpha value is -3.18. The van der Waals surface area contributed by atoms with Gasteiger partial charge < -0.3 is 19.3 Å². The molecule has 1 aliphatic rings. The molecular weight excluding hydrogens is 462 g/mol. The normalized spacial score (nSPS) is 17.2. The summed E-state index contributed by atoms with van der Waals surface area (Å²) < 4.78 is 43.2. The topological polar surface area (TPSA) is 128 Å². The van der Waals surface area contributed by atoms with Gasteiger partial charge in [0.1, 0.15) is 24.1 Å². The van der Waals surface area contributed by atoms with E-state index in [0.29, 0.717) is 30.8 Å². The van der Waals surface area contributed by atoms with Crippen molar-refractivity contribution in [2.24, 2.45) is 0 Å². The van der Waals surface area contributed by atoms with Gasteiger partial charge in [0.25, 0.3) is 0 Å². The number of aryl methyl sites for hydroxylation is 1. The molecule has 34 heavy (non-hydrogen) atoms. The third-order valence-electron chi connectivity index (χ3n) is 5.35. The summed E-state index contributed by atoms with van der Waals surface area (Å²) in [4.78, 5) is 24.5. The van der Waals surface area contributed by atoms with Gasteiger partial charge in [-0.15, -0.1) is 0 Å². The van der Waals surface area contributed by atoms with Crippen LogP contribution in [0.2, 0.25) is 0 Å². The summed E-state index contributed by atoms with van der Waals surface area (Å²) in [5.41, 5.74) is 1.41. The highest BCUT2D eigenvalue weighted by Crippen LogP contribution is 2.36. The number of carbonyl (C=O) groups excluding carboxylic acids is 2. The second-order valence-electron chi connectivity index (χ2n) is 7.85. The van der Waals surface area contributed by atoms with E-state index in [1.54, 1.807) is 37.3 Å². The minimum absolute atomic E-state index is 0.0131. The van der Waals surface area contributed by atoms with Crippen LogP contribution in [0.1, 0.15) is 42.8 Å². The van der Waals surface area contributed by atoms with Gasteiger partial charge >= 0.3 is 12.1 Å². The Morgan fingerprint density at radius 2 is 2.06 bits per heavy atom. The predicted octanol–water partition coefficient (Wildman–Crippen LogP) is 2.90. The predicted molar refractivity (Wildman–Crippen MR) is 122 cm³/mol. The minimum atomic E-state index is -3.72. The van der Waals surface area contributed by atoms with Gasteiger partial charge in [0.15, 0.2) is 0 Å². The van der Waals surface area contributed by atoms with Gasteiger partial charge in [0, 0.05) is 19.0 Å². The lowest BCUT2D eigenvalue weighted by molar-refractivity contribution is -0.145. The smallest absolute Gasteiger partial charge is 0.408 e. The van der Waals surface area contributed by atoms with E-state index in [1.807, 2.05) is 6.92 Å². The van der Waals surface area contributed by atoms with E-state index in [-0.39, 0.29) is 24.5 Å². The first-order valence-corrected chi connectivity index (χ1v) is 12.4. The molecule has 0 radical (unpaired) electrons. The van der Waals surface area contributed by atoms with Crippen molar-refractivity contribution in [1.29, 1.82) is 0 Å². The first kappa shape index (κ1) is 25.4. The molecule has 0 aliphatic carbocycles. The van der Waals surface area contributed by atoms with Crippen LogP contribution in [0, 0.1) is 6.92 Å². The first-order valence-electron chi connectivity index (χ1n) is 11.0. The van der Waals surface area contributed by atoms with Crippen molar-refractivity contribution in [3.8, 4) is 0 Å². The molecule has 0 bridgehead atoms. The van der Waals surface area contributed by atoms with E-state index < -0.39 is 34.2 Å². The number of benzene rings is 1. The van der Waals surface area contributed by atoms with E-state index in [9.17, 15) is 18.0 Å². The highest BCUT2D eigenvalue weighted by molar-refractivity contribution is 7.89. The zero-order chi connectivity index (χ0) is 24.7. The summed E-state index contributed by atoms with van der Waals surface area (Å²) in [5, 5.41) is 6.51. The molecule has 2 unspecified atom stereocenters. The quantitative estimate of drug-likeness (QED) is 0.397. The van der Waals surface area contributed by atoms with Crippen LogP contribution in [0.3, 0.4) is 0 Å².